The number of carbonyl (C=O) groups excluding carboxylic acids is 1. The van der Waals surface area contributed by atoms with Gasteiger partial charge in [-0.15, -0.1) is 0 Å². The van der Waals surface area contributed by atoms with Gasteiger partial charge in [0.2, 0.25) is 0 Å². The Bertz CT molecular complexity index is 841. The Kier molecular flexibility index (Phi) is 12.3. The number of rotatable bonds is 12. The lowest BCUT2D eigenvalue weighted by Gasteiger charge is -2.17. The summed E-state index contributed by atoms with van der Waals surface area (Å²) in [6, 6.07) is 3.51. The van der Waals surface area contributed by atoms with E-state index in [1.54, 1.807) is 31.9 Å². The van der Waals surface area contributed by atoms with Crippen molar-refractivity contribution in [3.63, 3.8) is 0 Å². The summed E-state index contributed by atoms with van der Waals surface area (Å²) in [5.41, 5.74) is 2.21. The molecule has 0 aliphatic rings. The first-order chi connectivity index (χ1) is 14.7. The number of pyridine rings is 1. The molecule has 1 unspecified atom stereocenters. The Balaban J connectivity index is 3.31. The molecule has 1 aromatic heterocycles. The van der Waals surface area contributed by atoms with Gasteiger partial charge >= 0.3 is 0 Å². The van der Waals surface area contributed by atoms with Gasteiger partial charge < -0.3 is 9.64 Å². The third kappa shape index (κ3) is 9.35. The van der Waals surface area contributed by atoms with Crippen LogP contribution in [0.1, 0.15) is 63.1 Å². The number of thioether (sulfide) groups is 1. The van der Waals surface area contributed by atoms with Crippen LogP contribution in [0, 0.1) is 6.92 Å². The third-order valence-corrected chi connectivity index (χ3v) is 6.19. The average Bonchev–Trinajstić information content (AvgIpc) is 2.72. The van der Waals surface area contributed by atoms with Crippen LogP contribution < -0.4 is 4.74 Å². The number of carbonyl (C=O) groups is 1. The van der Waals surface area contributed by atoms with Crippen LogP contribution in [-0.2, 0) is 0 Å². The predicted molar refractivity (Wildman–Crippen MR) is 137 cm³/mol. The van der Waals surface area contributed by atoms with E-state index in [9.17, 15) is 4.79 Å². The van der Waals surface area contributed by atoms with Crippen molar-refractivity contribution in [1.82, 2.24) is 9.88 Å². The molecule has 0 aliphatic heterocycles. The molecule has 5 nitrogen and oxygen atoms in total. The fourth-order valence-corrected chi connectivity index (χ4v) is 4.28. The molecule has 0 aromatic carbocycles. The molecular weight excluding hydrogens is 426 g/mol. The average molecular weight is 462 g/mol. The summed E-state index contributed by atoms with van der Waals surface area (Å²) < 4.78 is 10.3. The summed E-state index contributed by atoms with van der Waals surface area (Å²) in [5.74, 6) is 0.501. The van der Waals surface area contributed by atoms with Crippen molar-refractivity contribution in [2.45, 2.75) is 59.1 Å². The predicted octanol–water partition coefficient (Wildman–Crippen LogP) is 6.82. The first kappa shape index (κ1) is 27.0. The Morgan fingerprint density at radius 1 is 1.32 bits per heavy atom. The molecule has 1 rings (SSSR count). The van der Waals surface area contributed by atoms with Crippen molar-refractivity contribution in [1.29, 1.82) is 0 Å². The number of nitrogens with zero attached hydrogens (tertiary/aromatic N) is 3. The maximum absolute atomic E-state index is 12.2. The fourth-order valence-electron chi connectivity index (χ4n) is 2.55. The summed E-state index contributed by atoms with van der Waals surface area (Å²) in [4.78, 5) is 19.2. The number of aryl methyl sites for hydroxylation is 1. The van der Waals surface area contributed by atoms with Gasteiger partial charge in [0, 0.05) is 42.3 Å². The minimum absolute atomic E-state index is 0.132. The van der Waals surface area contributed by atoms with E-state index in [0.29, 0.717) is 22.4 Å². The van der Waals surface area contributed by atoms with Gasteiger partial charge in [-0.3, -0.25) is 4.79 Å². The van der Waals surface area contributed by atoms with Crippen molar-refractivity contribution in [3.05, 3.63) is 57.3 Å². The molecule has 1 aromatic rings. The second-order valence-corrected chi connectivity index (χ2v) is 9.54. The molecule has 0 fully saturated rings. The molecule has 1 heterocycles. The summed E-state index contributed by atoms with van der Waals surface area (Å²) >= 11 is 3.02. The van der Waals surface area contributed by atoms with E-state index in [4.69, 9.17) is 4.74 Å². The zero-order valence-corrected chi connectivity index (χ0v) is 21.4. The SMILES string of the molecule is C=NSC(/C=C(\Oc1ccc(C(=O)N(C)C)nc1C)SC(C=CCC)CCC)=C(C)C. The summed E-state index contributed by atoms with van der Waals surface area (Å²) in [6.45, 7) is 13.9. The molecule has 0 saturated heterocycles. The molecule has 0 bridgehead atoms. The Morgan fingerprint density at radius 3 is 2.55 bits per heavy atom. The van der Waals surface area contributed by atoms with Crippen LogP contribution in [0.25, 0.3) is 0 Å². The molecule has 0 aliphatic carbocycles. The van der Waals surface area contributed by atoms with Gasteiger partial charge in [-0.05, 0) is 52.5 Å². The van der Waals surface area contributed by atoms with Crippen molar-refractivity contribution in [2.75, 3.05) is 14.1 Å². The monoisotopic (exact) mass is 461 g/mol. The van der Waals surface area contributed by atoms with Gasteiger partial charge in [0.1, 0.15) is 11.4 Å². The van der Waals surface area contributed by atoms with E-state index in [1.807, 2.05) is 32.9 Å². The zero-order chi connectivity index (χ0) is 23.4. The van der Waals surface area contributed by atoms with Gasteiger partial charge in [-0.2, -0.15) is 0 Å². The van der Waals surface area contributed by atoms with Gasteiger partial charge in [-0.1, -0.05) is 49.8 Å². The highest BCUT2D eigenvalue weighted by Crippen LogP contribution is 2.34. The van der Waals surface area contributed by atoms with Crippen LogP contribution in [0.15, 0.2) is 50.3 Å². The molecule has 0 saturated carbocycles. The molecule has 170 valence electrons. The molecule has 0 spiro atoms. The number of amides is 1. The second-order valence-electron chi connectivity index (χ2n) is 7.41. The van der Waals surface area contributed by atoms with Crippen molar-refractivity contribution >= 4 is 36.3 Å². The van der Waals surface area contributed by atoms with E-state index < -0.39 is 0 Å². The number of hydrogen-bond donors (Lipinski definition) is 0. The first-order valence-corrected chi connectivity index (χ1v) is 12.1. The van der Waals surface area contributed by atoms with E-state index in [-0.39, 0.29) is 5.91 Å². The number of hydrogen-bond acceptors (Lipinski definition) is 6. The standard InChI is InChI=1S/C24H35N3O2S2/c1-9-11-13-19(12-10-2)30-23(16-22(17(3)4)31-25-6)29-21-15-14-20(26-18(21)5)24(28)27(7)8/h11,13-16,19H,6,9-10,12H2,1-5,7-8H3/b13-11?,23-16+. The van der Waals surface area contributed by atoms with Crippen LogP contribution in [0.5, 0.6) is 5.75 Å². The van der Waals surface area contributed by atoms with E-state index in [2.05, 4.69) is 42.1 Å². The smallest absolute Gasteiger partial charge is 0.271 e. The molecule has 7 heteroatoms. The highest BCUT2D eigenvalue weighted by atomic mass is 32.2. The molecular formula is C24H35N3O2S2. The summed E-state index contributed by atoms with van der Waals surface area (Å²) in [7, 11) is 3.43. The maximum Gasteiger partial charge on any atom is 0.271 e. The molecule has 0 radical (unpaired) electrons. The zero-order valence-electron chi connectivity index (χ0n) is 19.8. The van der Waals surface area contributed by atoms with Crippen molar-refractivity contribution in [2.24, 2.45) is 4.40 Å². The van der Waals surface area contributed by atoms with Crippen LogP contribution >= 0.6 is 23.7 Å². The molecule has 0 N–H and O–H groups in total. The molecule has 1 atom stereocenters. The largest absolute Gasteiger partial charge is 0.449 e. The number of aromatic nitrogens is 1. The van der Waals surface area contributed by atoms with Crippen molar-refractivity contribution < 1.29 is 9.53 Å². The first-order valence-electron chi connectivity index (χ1n) is 10.5. The number of ether oxygens (including phenoxy) is 1. The van der Waals surface area contributed by atoms with Crippen LogP contribution in [-0.4, -0.2) is 41.9 Å². The lowest BCUT2D eigenvalue weighted by molar-refractivity contribution is 0.0821. The normalized spacial score (nSPS) is 12.5. The minimum atomic E-state index is -0.132. The van der Waals surface area contributed by atoms with Crippen molar-refractivity contribution in [3.8, 4) is 5.75 Å². The van der Waals surface area contributed by atoms with Gasteiger partial charge in [-0.25, -0.2) is 9.38 Å². The fraction of sp³-hybridized carbons (Fsp3) is 0.458. The van der Waals surface area contributed by atoms with Gasteiger partial charge in [0.15, 0.2) is 5.09 Å². The Hall–Kier alpha value is -1.99. The highest BCUT2D eigenvalue weighted by Gasteiger charge is 2.16. The van der Waals surface area contributed by atoms with E-state index >= 15 is 0 Å². The second kappa shape index (κ2) is 14.1. The lowest BCUT2D eigenvalue weighted by Crippen LogP contribution is -2.23. The quantitative estimate of drug-likeness (QED) is 0.112. The van der Waals surface area contributed by atoms with Crippen LogP contribution in [0.3, 0.4) is 0 Å². The van der Waals surface area contributed by atoms with Crippen LogP contribution in [0.2, 0.25) is 0 Å². The molecule has 1 amide bonds. The Morgan fingerprint density at radius 2 is 2.03 bits per heavy atom. The maximum atomic E-state index is 12.2. The number of allylic oxidation sites excluding steroid dienone is 3. The minimum Gasteiger partial charge on any atom is -0.449 e. The Labute approximate surface area is 196 Å². The van der Waals surface area contributed by atoms with E-state index in [0.717, 1.165) is 34.8 Å². The molecule has 31 heavy (non-hydrogen) atoms. The third-order valence-electron chi connectivity index (χ3n) is 4.20. The highest BCUT2D eigenvalue weighted by molar-refractivity contribution is 8.04. The lowest BCUT2D eigenvalue weighted by atomic mass is 10.2. The van der Waals surface area contributed by atoms with Gasteiger partial charge in [0.05, 0.1) is 5.69 Å². The summed E-state index contributed by atoms with van der Waals surface area (Å²) in [6.07, 6.45) is 9.59. The van der Waals surface area contributed by atoms with E-state index in [1.165, 1.54) is 16.8 Å². The summed E-state index contributed by atoms with van der Waals surface area (Å²) in [5, 5.41) is 1.07. The van der Waals surface area contributed by atoms with Crippen LogP contribution in [0.4, 0.5) is 0 Å². The van der Waals surface area contributed by atoms with Gasteiger partial charge in [0.25, 0.3) is 5.91 Å². The topological polar surface area (TPSA) is 54.8 Å².